The minimum absolute atomic E-state index is 0.159. The van der Waals surface area contributed by atoms with E-state index in [1.165, 1.54) is 0 Å². The highest BCUT2D eigenvalue weighted by Gasteiger charge is 2.42. The van der Waals surface area contributed by atoms with Crippen molar-refractivity contribution < 1.29 is 9.47 Å². The third-order valence-corrected chi connectivity index (χ3v) is 7.05. The first kappa shape index (κ1) is 24.6. The number of pyridine rings is 2. The number of aryl methyl sites for hydroxylation is 1. The minimum Gasteiger partial charge on any atom is -0.497 e. The maximum Gasteiger partial charge on any atom is 0.174 e. The topological polar surface area (TPSA) is 64.4 Å². The fraction of sp³-hybridized carbons (Fsp3) is 0.129. The van der Waals surface area contributed by atoms with Crippen LogP contribution in [0.2, 0.25) is 0 Å². The van der Waals surface area contributed by atoms with Gasteiger partial charge in [-0.3, -0.25) is 4.98 Å². The first-order valence-electron chi connectivity index (χ1n) is 12.6. The molecule has 1 saturated heterocycles. The van der Waals surface area contributed by atoms with Gasteiger partial charge in [0.05, 0.1) is 18.8 Å². The summed E-state index contributed by atoms with van der Waals surface area (Å²) in [5.41, 5.74) is 4.02. The van der Waals surface area contributed by atoms with E-state index in [1.54, 1.807) is 7.11 Å². The van der Waals surface area contributed by atoms with Gasteiger partial charge in [-0.15, -0.1) is 0 Å². The molecule has 0 bridgehead atoms. The van der Waals surface area contributed by atoms with Crippen LogP contribution in [0.4, 0.5) is 5.69 Å². The molecule has 4 heterocycles. The number of thiocarbonyl (C=S) groups is 1. The zero-order valence-electron chi connectivity index (χ0n) is 21.6. The lowest BCUT2D eigenvalue weighted by Crippen LogP contribution is -2.30. The first-order valence-corrected chi connectivity index (χ1v) is 13.0. The number of ether oxygens (including phenoxy) is 2. The number of nitrogens with one attached hydrogen (secondary N) is 1. The Morgan fingerprint density at radius 1 is 0.821 bits per heavy atom. The number of nitrogens with zero attached hydrogens (tertiary/aromatic N) is 4. The molecule has 0 amide bonds. The second-order valence-electron chi connectivity index (χ2n) is 9.26. The van der Waals surface area contributed by atoms with E-state index in [-0.39, 0.29) is 12.1 Å². The molecular formula is C31H27N5O2S. The van der Waals surface area contributed by atoms with Crippen LogP contribution in [0.1, 0.15) is 29.0 Å². The molecule has 2 aromatic carbocycles. The molecule has 8 heteroatoms. The smallest absolute Gasteiger partial charge is 0.174 e. The lowest BCUT2D eigenvalue weighted by Gasteiger charge is -2.29. The molecule has 7 nitrogen and oxygen atoms in total. The maximum absolute atomic E-state index is 6.05. The second kappa shape index (κ2) is 10.6. The van der Waals surface area contributed by atoms with Gasteiger partial charge in [-0.25, -0.2) is 4.98 Å². The molecule has 1 N–H and O–H groups in total. The van der Waals surface area contributed by atoms with E-state index in [2.05, 4.69) is 36.9 Å². The molecule has 5 aromatic rings. The van der Waals surface area contributed by atoms with Gasteiger partial charge in [-0.1, -0.05) is 12.1 Å². The third-order valence-electron chi connectivity index (χ3n) is 6.73. The molecular weight excluding hydrogens is 506 g/mol. The van der Waals surface area contributed by atoms with Crippen molar-refractivity contribution in [3.63, 3.8) is 0 Å². The Labute approximate surface area is 232 Å². The van der Waals surface area contributed by atoms with E-state index < -0.39 is 0 Å². The summed E-state index contributed by atoms with van der Waals surface area (Å²) in [6.45, 7) is 2.04. The number of benzene rings is 2. The first-order chi connectivity index (χ1) is 19.1. The molecule has 1 aliphatic rings. The predicted octanol–water partition coefficient (Wildman–Crippen LogP) is 6.55. The largest absolute Gasteiger partial charge is 0.497 e. The SMILES string of the molecule is COc1ccc(Oc2ccc(N3C(=S)NC(c4ccccn4)C3c3cccn3-c3ccc(C)cn3)cc2)cc1. The van der Waals surface area contributed by atoms with Crippen molar-refractivity contribution in [2.45, 2.75) is 19.0 Å². The minimum atomic E-state index is -0.168. The summed E-state index contributed by atoms with van der Waals surface area (Å²) in [5, 5.41) is 4.16. The summed E-state index contributed by atoms with van der Waals surface area (Å²) in [7, 11) is 1.64. The summed E-state index contributed by atoms with van der Waals surface area (Å²) in [6.07, 6.45) is 5.73. The van der Waals surface area contributed by atoms with Crippen LogP contribution in [0.3, 0.4) is 0 Å². The van der Waals surface area contributed by atoms with E-state index in [1.807, 2.05) is 104 Å². The summed E-state index contributed by atoms with van der Waals surface area (Å²) in [4.78, 5) is 11.5. The number of aromatic nitrogens is 3. The maximum atomic E-state index is 6.05. The van der Waals surface area contributed by atoms with Gasteiger partial charge >= 0.3 is 0 Å². The Kier molecular flexibility index (Phi) is 6.69. The Morgan fingerprint density at radius 3 is 2.23 bits per heavy atom. The van der Waals surface area contributed by atoms with Crippen molar-refractivity contribution in [3.05, 3.63) is 127 Å². The molecule has 3 aromatic heterocycles. The van der Waals surface area contributed by atoms with E-state index in [0.29, 0.717) is 5.11 Å². The molecule has 39 heavy (non-hydrogen) atoms. The van der Waals surface area contributed by atoms with Crippen LogP contribution in [-0.2, 0) is 0 Å². The predicted molar refractivity (Wildman–Crippen MR) is 156 cm³/mol. The van der Waals surface area contributed by atoms with Gasteiger partial charge < -0.3 is 24.3 Å². The van der Waals surface area contributed by atoms with Crippen LogP contribution in [-0.4, -0.2) is 26.8 Å². The van der Waals surface area contributed by atoms with E-state index in [0.717, 1.165) is 45.7 Å². The quantitative estimate of drug-likeness (QED) is 0.238. The van der Waals surface area contributed by atoms with Crippen molar-refractivity contribution in [2.24, 2.45) is 0 Å². The second-order valence-corrected chi connectivity index (χ2v) is 9.65. The van der Waals surface area contributed by atoms with E-state index >= 15 is 0 Å². The Balaban J connectivity index is 1.36. The number of methoxy groups -OCH3 is 1. The van der Waals surface area contributed by atoms with Gasteiger partial charge in [0.15, 0.2) is 5.11 Å². The van der Waals surface area contributed by atoms with Crippen molar-refractivity contribution in [1.29, 1.82) is 0 Å². The summed E-state index contributed by atoms with van der Waals surface area (Å²) in [5.74, 6) is 3.10. The fourth-order valence-corrected chi connectivity index (χ4v) is 5.18. The van der Waals surface area contributed by atoms with E-state index in [9.17, 15) is 0 Å². The average molecular weight is 534 g/mol. The molecule has 0 radical (unpaired) electrons. The van der Waals surface area contributed by atoms with Gasteiger partial charge in [0.25, 0.3) is 0 Å². The Morgan fingerprint density at radius 2 is 1.56 bits per heavy atom. The normalized spacial score (nSPS) is 16.7. The van der Waals surface area contributed by atoms with Gasteiger partial charge in [-0.2, -0.15) is 0 Å². The fourth-order valence-electron chi connectivity index (χ4n) is 4.83. The van der Waals surface area contributed by atoms with Crippen LogP contribution < -0.4 is 19.7 Å². The summed E-state index contributed by atoms with van der Waals surface area (Å²) < 4.78 is 13.4. The van der Waals surface area contributed by atoms with Gasteiger partial charge in [0.1, 0.15) is 29.1 Å². The monoisotopic (exact) mass is 533 g/mol. The summed E-state index contributed by atoms with van der Waals surface area (Å²) >= 11 is 5.91. The van der Waals surface area contributed by atoms with Crippen molar-refractivity contribution >= 4 is 23.0 Å². The van der Waals surface area contributed by atoms with Crippen molar-refractivity contribution in [2.75, 3.05) is 12.0 Å². The zero-order chi connectivity index (χ0) is 26.8. The summed E-state index contributed by atoms with van der Waals surface area (Å²) in [6, 6.07) is 29.3. The van der Waals surface area contributed by atoms with Crippen LogP contribution >= 0.6 is 12.2 Å². The van der Waals surface area contributed by atoms with Crippen LogP contribution in [0.25, 0.3) is 5.82 Å². The molecule has 0 aliphatic carbocycles. The molecule has 2 unspecified atom stereocenters. The van der Waals surface area contributed by atoms with Crippen LogP contribution in [0, 0.1) is 6.92 Å². The lowest BCUT2D eigenvalue weighted by molar-refractivity contribution is 0.413. The van der Waals surface area contributed by atoms with Crippen LogP contribution in [0.15, 0.2) is 110 Å². The number of anilines is 1. The van der Waals surface area contributed by atoms with Gasteiger partial charge in [0.2, 0.25) is 0 Å². The standard InChI is InChI=1S/C31H27N5O2S/c1-21-8-17-28(33-20-21)35-19-5-7-27(35)30-29(26-6-3-4-18-32-26)34-31(39)36(30)22-9-11-24(12-10-22)38-25-15-13-23(37-2)14-16-25/h3-20,29-30H,1-2H3,(H,34,39). The highest BCUT2D eigenvalue weighted by atomic mass is 32.1. The molecule has 1 fully saturated rings. The molecule has 0 spiro atoms. The Hall–Kier alpha value is -4.69. The number of rotatable bonds is 7. The molecule has 1 aliphatic heterocycles. The highest BCUT2D eigenvalue weighted by Crippen LogP contribution is 2.42. The Bertz CT molecular complexity index is 1570. The van der Waals surface area contributed by atoms with Gasteiger partial charge in [-0.05, 0) is 104 Å². The van der Waals surface area contributed by atoms with Gasteiger partial charge in [0, 0.05) is 30.0 Å². The average Bonchev–Trinajstić information content (AvgIpc) is 3.59. The molecule has 0 saturated carbocycles. The molecule has 2 atom stereocenters. The number of hydrogen-bond acceptors (Lipinski definition) is 5. The van der Waals surface area contributed by atoms with Crippen LogP contribution in [0.5, 0.6) is 17.2 Å². The lowest BCUT2D eigenvalue weighted by atomic mass is 10.0. The number of hydrogen-bond donors (Lipinski definition) is 1. The van der Waals surface area contributed by atoms with Crippen molar-refractivity contribution in [3.8, 4) is 23.1 Å². The molecule has 6 rings (SSSR count). The highest BCUT2D eigenvalue weighted by molar-refractivity contribution is 7.80. The van der Waals surface area contributed by atoms with Crippen molar-refractivity contribution in [1.82, 2.24) is 19.9 Å². The molecule has 194 valence electrons. The zero-order valence-corrected chi connectivity index (χ0v) is 22.4. The van der Waals surface area contributed by atoms with E-state index in [4.69, 9.17) is 21.7 Å². The third kappa shape index (κ3) is 4.94.